The highest BCUT2D eigenvalue weighted by Crippen LogP contribution is 2.29. The second-order valence-corrected chi connectivity index (χ2v) is 4.00. The third-order valence-electron chi connectivity index (χ3n) is 2.07. The Morgan fingerprint density at radius 1 is 1.41 bits per heavy atom. The summed E-state index contributed by atoms with van der Waals surface area (Å²) in [6.45, 7) is 1.72. The topological polar surface area (TPSA) is 64.1 Å². The maximum atomic E-state index is 11.0. The van der Waals surface area contributed by atoms with E-state index in [9.17, 15) is 4.79 Å². The molecule has 1 aromatic carbocycles. The average molecular weight is 249 g/mol. The summed E-state index contributed by atoms with van der Waals surface area (Å²) >= 11 is 1.25. The predicted molar refractivity (Wildman–Crippen MR) is 65.4 cm³/mol. The molecule has 0 saturated heterocycles. The van der Waals surface area contributed by atoms with Crippen LogP contribution in [-0.4, -0.2) is 15.6 Å². The van der Waals surface area contributed by atoms with Crippen molar-refractivity contribution in [2.24, 2.45) is 0 Å². The number of hydrogen-bond donors (Lipinski definition) is 1. The molecule has 0 spiro atoms. The number of aromatic nitrogens is 2. The number of benzene rings is 1. The van der Waals surface area contributed by atoms with E-state index >= 15 is 0 Å². The predicted octanol–water partition coefficient (Wildman–Crippen LogP) is 2.49. The summed E-state index contributed by atoms with van der Waals surface area (Å²) in [6.07, 6.45) is 0.311. The Bertz CT molecular complexity index is 498. The molecular formula is C11H11N3O2S. The van der Waals surface area contributed by atoms with Gasteiger partial charge in [-0.15, -0.1) is 5.10 Å². The molecule has 0 unspecified atom stereocenters. The molecule has 1 heterocycles. The summed E-state index contributed by atoms with van der Waals surface area (Å²) < 4.78 is 3.84. The molecule has 0 atom stereocenters. The number of anilines is 1. The van der Waals surface area contributed by atoms with Crippen molar-refractivity contribution in [2.45, 2.75) is 13.3 Å². The first-order valence-corrected chi connectivity index (χ1v) is 5.92. The monoisotopic (exact) mass is 249 g/mol. The first-order chi connectivity index (χ1) is 8.31. The van der Waals surface area contributed by atoms with Crippen LogP contribution in [0.15, 0.2) is 30.3 Å². The molecule has 0 saturated carbocycles. The van der Waals surface area contributed by atoms with Gasteiger partial charge in [0, 0.05) is 6.42 Å². The first-order valence-electron chi connectivity index (χ1n) is 5.14. The molecule has 0 aliphatic rings. The van der Waals surface area contributed by atoms with E-state index in [1.165, 1.54) is 11.5 Å². The quantitative estimate of drug-likeness (QED) is 0.843. The van der Waals surface area contributed by atoms with Crippen molar-refractivity contribution in [3.8, 4) is 10.4 Å². The van der Waals surface area contributed by atoms with Crippen molar-refractivity contribution in [3.05, 3.63) is 30.3 Å². The van der Waals surface area contributed by atoms with Gasteiger partial charge in [-0.3, -0.25) is 0 Å². The Morgan fingerprint density at radius 2 is 2.18 bits per heavy atom. The third kappa shape index (κ3) is 2.79. The average Bonchev–Trinajstić information content (AvgIpc) is 2.85. The van der Waals surface area contributed by atoms with E-state index in [4.69, 9.17) is 4.84 Å². The highest BCUT2D eigenvalue weighted by molar-refractivity contribution is 7.10. The highest BCUT2D eigenvalue weighted by Gasteiger charge is 2.11. The molecule has 0 bridgehead atoms. The number of nitrogens with zero attached hydrogens (tertiary/aromatic N) is 2. The lowest BCUT2D eigenvalue weighted by atomic mass is 10.2. The Labute approximate surface area is 103 Å². The van der Waals surface area contributed by atoms with Crippen molar-refractivity contribution in [2.75, 3.05) is 5.48 Å². The molecule has 5 nitrogen and oxygen atoms in total. The summed E-state index contributed by atoms with van der Waals surface area (Å²) in [6, 6.07) is 9.68. The largest absolute Gasteiger partial charge is 0.342 e. The molecule has 2 aromatic rings. The van der Waals surface area contributed by atoms with Gasteiger partial charge in [0.1, 0.15) is 4.88 Å². The maximum absolute atomic E-state index is 11.0. The summed E-state index contributed by atoms with van der Waals surface area (Å²) in [4.78, 5) is 16.7. The molecule has 6 heteroatoms. The van der Waals surface area contributed by atoms with Gasteiger partial charge in [0.2, 0.25) is 5.82 Å². The van der Waals surface area contributed by atoms with Crippen molar-refractivity contribution < 1.29 is 9.63 Å². The van der Waals surface area contributed by atoms with Gasteiger partial charge in [0.25, 0.3) is 0 Å². The minimum Gasteiger partial charge on any atom is -0.342 e. The minimum atomic E-state index is -0.336. The van der Waals surface area contributed by atoms with Gasteiger partial charge in [0.05, 0.1) is 0 Å². The van der Waals surface area contributed by atoms with Crippen LogP contribution in [0.4, 0.5) is 5.82 Å². The number of carbonyl (C=O) groups is 1. The molecule has 0 amide bonds. The van der Waals surface area contributed by atoms with Crippen molar-refractivity contribution in [3.63, 3.8) is 0 Å². The number of rotatable bonds is 4. The SMILES string of the molecule is CCC(=O)ONc1nnsc1-c1ccccc1. The molecule has 0 aliphatic heterocycles. The summed E-state index contributed by atoms with van der Waals surface area (Å²) in [5.74, 6) is 0.125. The second kappa shape index (κ2) is 5.40. The number of hydrogen-bond acceptors (Lipinski definition) is 6. The van der Waals surface area contributed by atoms with Gasteiger partial charge in [-0.25, -0.2) is 4.79 Å². The molecular weight excluding hydrogens is 238 g/mol. The lowest BCUT2D eigenvalue weighted by molar-refractivity contribution is -0.140. The lowest BCUT2D eigenvalue weighted by Crippen LogP contribution is -2.09. The first kappa shape index (κ1) is 11.5. The normalized spacial score (nSPS) is 9.94. The number of carbonyl (C=O) groups excluding carboxylic acids is 1. The zero-order valence-electron chi connectivity index (χ0n) is 9.21. The van der Waals surface area contributed by atoms with Gasteiger partial charge >= 0.3 is 5.97 Å². The van der Waals surface area contributed by atoms with E-state index in [0.717, 1.165) is 10.4 Å². The fourth-order valence-corrected chi connectivity index (χ4v) is 1.83. The Kier molecular flexibility index (Phi) is 3.66. The van der Waals surface area contributed by atoms with Gasteiger partial charge in [-0.2, -0.15) is 5.48 Å². The van der Waals surface area contributed by atoms with Crippen LogP contribution >= 0.6 is 11.5 Å². The fourth-order valence-electron chi connectivity index (χ4n) is 1.21. The summed E-state index contributed by atoms with van der Waals surface area (Å²) in [5, 5.41) is 3.88. The van der Waals surface area contributed by atoms with Crippen LogP contribution < -0.4 is 5.48 Å². The molecule has 0 radical (unpaired) electrons. The minimum absolute atomic E-state index is 0.311. The van der Waals surface area contributed by atoms with Crippen LogP contribution in [0.5, 0.6) is 0 Å². The van der Waals surface area contributed by atoms with Gasteiger partial charge in [0.15, 0.2) is 0 Å². The lowest BCUT2D eigenvalue weighted by Gasteiger charge is -2.04. The molecule has 1 N–H and O–H groups in total. The van der Waals surface area contributed by atoms with E-state index in [0.29, 0.717) is 12.2 Å². The molecule has 88 valence electrons. The number of nitrogens with one attached hydrogen (secondary N) is 1. The molecule has 0 fully saturated rings. The Morgan fingerprint density at radius 3 is 2.88 bits per heavy atom. The highest BCUT2D eigenvalue weighted by atomic mass is 32.1. The van der Waals surface area contributed by atoms with Crippen molar-refractivity contribution >= 4 is 23.3 Å². The molecule has 0 aliphatic carbocycles. The van der Waals surface area contributed by atoms with E-state index in [-0.39, 0.29) is 5.97 Å². The van der Waals surface area contributed by atoms with E-state index in [1.54, 1.807) is 6.92 Å². The molecule has 17 heavy (non-hydrogen) atoms. The fraction of sp³-hybridized carbons (Fsp3) is 0.182. The van der Waals surface area contributed by atoms with Gasteiger partial charge < -0.3 is 4.84 Å². The van der Waals surface area contributed by atoms with Crippen molar-refractivity contribution in [1.82, 2.24) is 9.59 Å². The van der Waals surface area contributed by atoms with Crippen molar-refractivity contribution in [1.29, 1.82) is 0 Å². The smallest absolute Gasteiger partial charge is 0.331 e. The Balaban J connectivity index is 2.15. The van der Waals surface area contributed by atoms with Crippen LogP contribution in [0.25, 0.3) is 10.4 Å². The van der Waals surface area contributed by atoms with Gasteiger partial charge in [-0.05, 0) is 17.1 Å². The summed E-state index contributed by atoms with van der Waals surface area (Å²) in [7, 11) is 0. The van der Waals surface area contributed by atoms with Crippen LogP contribution in [0.2, 0.25) is 0 Å². The van der Waals surface area contributed by atoms with Crippen LogP contribution in [0.3, 0.4) is 0 Å². The van der Waals surface area contributed by atoms with E-state index in [1.807, 2.05) is 30.3 Å². The Hall–Kier alpha value is -1.95. The second-order valence-electron chi connectivity index (χ2n) is 3.25. The van der Waals surface area contributed by atoms with Crippen LogP contribution in [0.1, 0.15) is 13.3 Å². The van der Waals surface area contributed by atoms with E-state index < -0.39 is 0 Å². The standard InChI is InChI=1S/C11H11N3O2S/c1-2-9(15)16-13-11-10(17-14-12-11)8-6-4-3-5-7-8/h3-7,13H,2H2,1H3. The zero-order chi connectivity index (χ0) is 12.1. The van der Waals surface area contributed by atoms with Crippen LogP contribution in [0, 0.1) is 0 Å². The molecule has 2 rings (SSSR count). The van der Waals surface area contributed by atoms with E-state index in [2.05, 4.69) is 15.1 Å². The summed E-state index contributed by atoms with van der Waals surface area (Å²) in [5.41, 5.74) is 3.51. The third-order valence-corrected chi connectivity index (χ3v) is 2.85. The van der Waals surface area contributed by atoms with Gasteiger partial charge in [-0.1, -0.05) is 41.7 Å². The molecule has 1 aromatic heterocycles. The zero-order valence-corrected chi connectivity index (χ0v) is 10.0. The van der Waals surface area contributed by atoms with Crippen LogP contribution in [-0.2, 0) is 9.63 Å². The maximum Gasteiger partial charge on any atom is 0.331 e.